The molecule has 4 fully saturated rings. The molecule has 0 spiro atoms. The highest BCUT2D eigenvalue weighted by molar-refractivity contribution is 8.00. The number of nitrogens with one attached hydrogen (secondary N) is 2. The third-order valence-corrected chi connectivity index (χ3v) is 8.43. The largest absolute Gasteiger partial charge is 0.366 e. The molecular weight excluding hydrogens is 434 g/mol. The normalized spacial score (nSPS) is 27.2. The van der Waals surface area contributed by atoms with E-state index in [0.717, 1.165) is 41.9 Å². The molecule has 33 heavy (non-hydrogen) atoms. The maximum atomic E-state index is 12.9. The van der Waals surface area contributed by atoms with Crippen LogP contribution in [-0.4, -0.2) is 29.0 Å². The molecular formula is C26H29N3O3S. The van der Waals surface area contributed by atoms with E-state index in [2.05, 4.69) is 10.6 Å². The molecule has 0 aromatic heterocycles. The molecule has 7 heteroatoms. The van der Waals surface area contributed by atoms with Gasteiger partial charge in [-0.15, -0.1) is 11.8 Å². The molecule has 6 nitrogen and oxygen atoms in total. The number of anilines is 1. The Morgan fingerprint density at radius 2 is 1.52 bits per heavy atom. The highest BCUT2D eigenvalue weighted by Crippen LogP contribution is 2.55. The van der Waals surface area contributed by atoms with Crippen molar-refractivity contribution in [2.24, 2.45) is 23.5 Å². The topological polar surface area (TPSA) is 101 Å². The maximum absolute atomic E-state index is 12.9. The van der Waals surface area contributed by atoms with E-state index in [1.54, 1.807) is 30.3 Å². The number of nitrogens with two attached hydrogens (primary N) is 1. The lowest BCUT2D eigenvalue weighted by Gasteiger charge is -2.56. The van der Waals surface area contributed by atoms with Crippen LogP contribution >= 0.6 is 11.8 Å². The lowest BCUT2D eigenvalue weighted by Crippen LogP contribution is -2.60. The Kier molecular flexibility index (Phi) is 5.91. The Bertz CT molecular complexity index is 1050. The first-order valence-electron chi connectivity index (χ1n) is 11.6. The molecule has 4 N–H and O–H groups in total. The van der Waals surface area contributed by atoms with Crippen LogP contribution in [-0.2, 0) is 4.79 Å². The average molecular weight is 464 g/mol. The summed E-state index contributed by atoms with van der Waals surface area (Å²) >= 11 is 1.39. The number of carbonyl (C=O) groups is 3. The third-order valence-electron chi connectivity index (χ3n) is 7.36. The second kappa shape index (κ2) is 8.86. The van der Waals surface area contributed by atoms with Crippen LogP contribution in [0.1, 0.15) is 59.2 Å². The first-order valence-corrected chi connectivity index (χ1v) is 12.6. The van der Waals surface area contributed by atoms with Gasteiger partial charge in [0, 0.05) is 21.7 Å². The Balaban J connectivity index is 1.20. The molecule has 4 aliphatic rings. The molecule has 0 heterocycles. The van der Waals surface area contributed by atoms with Crippen molar-refractivity contribution in [1.29, 1.82) is 0 Å². The van der Waals surface area contributed by atoms with Gasteiger partial charge in [-0.2, -0.15) is 0 Å². The number of hydrogen-bond acceptors (Lipinski definition) is 4. The molecule has 0 atom stereocenters. The first-order chi connectivity index (χ1) is 15.9. The molecule has 2 aromatic carbocycles. The average Bonchev–Trinajstić information content (AvgIpc) is 2.77. The van der Waals surface area contributed by atoms with Crippen LogP contribution in [0.2, 0.25) is 0 Å². The minimum atomic E-state index is -0.513. The first kappa shape index (κ1) is 22.0. The smallest absolute Gasteiger partial charge is 0.256 e. The van der Waals surface area contributed by atoms with Crippen molar-refractivity contribution in [2.75, 3.05) is 11.1 Å². The minimum absolute atomic E-state index is 0.000358. The van der Waals surface area contributed by atoms with E-state index >= 15 is 0 Å². The second-order valence-corrected chi connectivity index (χ2v) is 10.9. The fraction of sp³-hybridized carbons (Fsp3) is 0.423. The van der Waals surface area contributed by atoms with Crippen molar-refractivity contribution < 1.29 is 14.4 Å². The predicted molar refractivity (Wildman–Crippen MR) is 129 cm³/mol. The zero-order valence-corrected chi connectivity index (χ0v) is 19.3. The number of thioether (sulfide) groups is 1. The predicted octanol–water partition coefficient (Wildman–Crippen LogP) is 4.21. The van der Waals surface area contributed by atoms with Crippen molar-refractivity contribution in [3.63, 3.8) is 0 Å². The number of benzene rings is 2. The van der Waals surface area contributed by atoms with Crippen molar-refractivity contribution in [3.05, 3.63) is 59.7 Å². The van der Waals surface area contributed by atoms with Gasteiger partial charge in [-0.05, 0) is 92.7 Å². The van der Waals surface area contributed by atoms with Crippen LogP contribution < -0.4 is 16.4 Å². The van der Waals surface area contributed by atoms with E-state index in [0.29, 0.717) is 22.6 Å². The van der Waals surface area contributed by atoms with Gasteiger partial charge in [0.15, 0.2) is 0 Å². The second-order valence-electron chi connectivity index (χ2n) is 9.93. The highest BCUT2D eigenvalue weighted by Gasteiger charge is 2.51. The van der Waals surface area contributed by atoms with Crippen molar-refractivity contribution in [2.45, 2.75) is 49.0 Å². The summed E-state index contributed by atoms with van der Waals surface area (Å²) in [7, 11) is 0. The molecule has 172 valence electrons. The molecule has 2 aromatic rings. The van der Waals surface area contributed by atoms with Gasteiger partial charge in [0.25, 0.3) is 5.91 Å². The third kappa shape index (κ3) is 4.78. The molecule has 0 aliphatic heterocycles. The molecule has 0 unspecified atom stereocenters. The van der Waals surface area contributed by atoms with Gasteiger partial charge in [-0.1, -0.05) is 12.1 Å². The number of primary amides is 1. The van der Waals surface area contributed by atoms with E-state index in [4.69, 9.17) is 5.73 Å². The standard InChI is InChI=1S/C26H29N3O3S/c27-24(31)19-5-7-20(8-6-19)28-25(32)21-3-1-2-4-22(21)33-15-23(30)29-26-12-16-9-17(13-26)11-18(10-16)14-26/h1-8,16-18H,9-15H2,(H2,27,31)(H,28,32)(H,29,30). The minimum Gasteiger partial charge on any atom is -0.366 e. The summed E-state index contributed by atoms with van der Waals surface area (Å²) in [5.74, 6) is 1.92. The van der Waals surface area contributed by atoms with E-state index in [9.17, 15) is 14.4 Å². The van der Waals surface area contributed by atoms with Gasteiger partial charge < -0.3 is 16.4 Å². The summed E-state index contributed by atoms with van der Waals surface area (Å²) in [5.41, 5.74) is 6.74. The zero-order chi connectivity index (χ0) is 23.0. The lowest BCUT2D eigenvalue weighted by molar-refractivity contribution is -0.124. The highest BCUT2D eigenvalue weighted by atomic mass is 32.2. The van der Waals surface area contributed by atoms with Crippen LogP contribution in [0, 0.1) is 17.8 Å². The quantitative estimate of drug-likeness (QED) is 0.535. The molecule has 6 rings (SSSR count). The summed E-state index contributed by atoms with van der Waals surface area (Å²) < 4.78 is 0. The van der Waals surface area contributed by atoms with Gasteiger partial charge in [-0.25, -0.2) is 0 Å². The molecule has 0 radical (unpaired) electrons. The van der Waals surface area contributed by atoms with E-state index < -0.39 is 5.91 Å². The molecule has 4 aliphatic carbocycles. The fourth-order valence-corrected chi connectivity index (χ4v) is 7.29. The lowest BCUT2D eigenvalue weighted by atomic mass is 9.53. The molecule has 4 bridgehead atoms. The molecule has 3 amide bonds. The van der Waals surface area contributed by atoms with E-state index in [-0.39, 0.29) is 17.4 Å². The summed E-state index contributed by atoms with van der Waals surface area (Å²) in [6.07, 6.45) is 7.42. The van der Waals surface area contributed by atoms with Crippen LogP contribution in [0.5, 0.6) is 0 Å². The number of rotatable bonds is 7. The summed E-state index contributed by atoms with van der Waals surface area (Å²) in [4.78, 5) is 37.8. The monoisotopic (exact) mass is 463 g/mol. The number of amides is 3. The van der Waals surface area contributed by atoms with E-state index in [1.807, 2.05) is 18.2 Å². The van der Waals surface area contributed by atoms with Crippen LogP contribution in [0.4, 0.5) is 5.69 Å². The van der Waals surface area contributed by atoms with Gasteiger partial charge in [0.05, 0.1) is 11.3 Å². The zero-order valence-electron chi connectivity index (χ0n) is 18.5. The maximum Gasteiger partial charge on any atom is 0.256 e. The Labute approximate surface area is 198 Å². The van der Waals surface area contributed by atoms with Crippen LogP contribution in [0.15, 0.2) is 53.4 Å². The van der Waals surface area contributed by atoms with E-state index in [1.165, 1.54) is 31.0 Å². The Morgan fingerprint density at radius 1 is 0.909 bits per heavy atom. The van der Waals surface area contributed by atoms with Crippen LogP contribution in [0.25, 0.3) is 0 Å². The Morgan fingerprint density at radius 3 is 2.12 bits per heavy atom. The summed E-state index contributed by atoms with van der Waals surface area (Å²) in [5, 5.41) is 6.25. The number of carbonyl (C=O) groups excluding carboxylic acids is 3. The Hall–Kier alpha value is -2.80. The van der Waals surface area contributed by atoms with Crippen LogP contribution in [0.3, 0.4) is 0 Å². The SMILES string of the molecule is NC(=O)c1ccc(NC(=O)c2ccccc2SCC(=O)NC23CC4CC(CC(C4)C2)C3)cc1. The van der Waals surface area contributed by atoms with Gasteiger partial charge >= 0.3 is 0 Å². The van der Waals surface area contributed by atoms with Gasteiger partial charge in [-0.3, -0.25) is 14.4 Å². The molecule has 0 saturated heterocycles. The number of hydrogen-bond donors (Lipinski definition) is 3. The summed E-state index contributed by atoms with van der Waals surface area (Å²) in [6.45, 7) is 0. The molecule has 4 saturated carbocycles. The van der Waals surface area contributed by atoms with Crippen molar-refractivity contribution in [1.82, 2.24) is 5.32 Å². The van der Waals surface area contributed by atoms with Gasteiger partial charge in [0.2, 0.25) is 11.8 Å². The van der Waals surface area contributed by atoms with Gasteiger partial charge in [0.1, 0.15) is 0 Å². The summed E-state index contributed by atoms with van der Waals surface area (Å²) in [6, 6.07) is 13.8. The fourth-order valence-electron chi connectivity index (χ4n) is 6.44. The van der Waals surface area contributed by atoms with Crippen molar-refractivity contribution >= 4 is 35.2 Å². The van der Waals surface area contributed by atoms with Crippen molar-refractivity contribution in [3.8, 4) is 0 Å².